The van der Waals surface area contributed by atoms with E-state index < -0.39 is 41.0 Å². The molecular weight excluding hydrogens is 472 g/mol. The second kappa shape index (κ2) is 12.1. The summed E-state index contributed by atoms with van der Waals surface area (Å²) in [6.07, 6.45) is 5.74. The fraction of sp³-hybridized carbons (Fsp3) is 0.500. The summed E-state index contributed by atoms with van der Waals surface area (Å²) in [5, 5.41) is 29.8. The van der Waals surface area contributed by atoms with Gasteiger partial charge in [0.2, 0.25) is 12.2 Å². The molecule has 2 heterocycles. The monoisotopic (exact) mass is 502 g/mol. The van der Waals surface area contributed by atoms with E-state index in [4.69, 9.17) is 9.84 Å². The minimum Gasteiger partial charge on any atom is -0.488 e. The highest BCUT2D eigenvalue weighted by atomic mass is 16.6. The first-order valence-electron chi connectivity index (χ1n) is 11.9. The van der Waals surface area contributed by atoms with Crippen LogP contribution in [0.2, 0.25) is 0 Å². The summed E-state index contributed by atoms with van der Waals surface area (Å²) in [5.74, 6) is -2.51. The number of hydrogen-bond donors (Lipinski definition) is 2. The van der Waals surface area contributed by atoms with Crippen molar-refractivity contribution in [3.05, 3.63) is 52.5 Å². The van der Waals surface area contributed by atoms with Gasteiger partial charge in [-0.2, -0.15) is 0 Å². The maximum atomic E-state index is 13.6. The average Bonchev–Trinajstić information content (AvgIpc) is 3.48. The van der Waals surface area contributed by atoms with E-state index >= 15 is 0 Å². The molecule has 12 nitrogen and oxygen atoms in total. The van der Waals surface area contributed by atoms with Gasteiger partial charge in [-0.05, 0) is 34.0 Å². The normalized spacial score (nSPS) is 18.1. The van der Waals surface area contributed by atoms with Crippen LogP contribution in [0.5, 0.6) is 5.75 Å². The third kappa shape index (κ3) is 6.80. The zero-order valence-electron chi connectivity index (χ0n) is 20.0. The highest BCUT2D eigenvalue weighted by molar-refractivity contribution is 5.87. The zero-order chi connectivity index (χ0) is 26.2. The fourth-order valence-corrected chi connectivity index (χ4v) is 4.36. The van der Waals surface area contributed by atoms with Crippen molar-refractivity contribution in [2.45, 2.75) is 70.1 Å². The number of unbranched alkanes of at least 4 members (excludes halogenated alkanes) is 3. The molecule has 1 aliphatic heterocycles. The molecule has 2 aromatic rings. The summed E-state index contributed by atoms with van der Waals surface area (Å²) >= 11 is 0. The minimum atomic E-state index is -1.16. The van der Waals surface area contributed by atoms with Gasteiger partial charge in [-0.25, -0.2) is 4.79 Å². The molecule has 0 radical (unpaired) electrons. The van der Waals surface area contributed by atoms with E-state index in [9.17, 15) is 29.6 Å². The molecule has 0 bridgehead atoms. The highest BCUT2D eigenvalue weighted by Crippen LogP contribution is 2.29. The van der Waals surface area contributed by atoms with Crippen LogP contribution >= 0.6 is 0 Å². The lowest BCUT2D eigenvalue weighted by Gasteiger charge is -2.27. The van der Waals surface area contributed by atoms with Gasteiger partial charge in [0.1, 0.15) is 30.1 Å². The van der Waals surface area contributed by atoms with Crippen LogP contribution in [-0.4, -0.2) is 66.1 Å². The van der Waals surface area contributed by atoms with Crippen LogP contribution in [0.3, 0.4) is 0 Å². The summed E-state index contributed by atoms with van der Waals surface area (Å²) in [7, 11) is 0. The molecule has 1 aliphatic rings. The van der Waals surface area contributed by atoms with E-state index in [1.165, 1.54) is 22.0 Å². The largest absolute Gasteiger partial charge is 0.488 e. The Labute approximate surface area is 207 Å². The predicted octanol–water partition coefficient (Wildman–Crippen LogP) is 3.06. The molecule has 1 fully saturated rings. The third-order valence-corrected chi connectivity index (χ3v) is 6.16. The topological polar surface area (TPSA) is 165 Å². The smallest absolute Gasteiger partial charge is 0.381 e. The molecule has 1 amide bonds. The van der Waals surface area contributed by atoms with Crippen molar-refractivity contribution in [2.75, 3.05) is 6.54 Å². The number of carboxylic acids is 2. The summed E-state index contributed by atoms with van der Waals surface area (Å²) in [5.41, 5.74) is 0.599. The van der Waals surface area contributed by atoms with E-state index in [1.807, 2.05) is 0 Å². The molecule has 0 spiro atoms. The summed E-state index contributed by atoms with van der Waals surface area (Å²) in [4.78, 5) is 51.9. The second-order valence-corrected chi connectivity index (χ2v) is 8.84. The van der Waals surface area contributed by atoms with Gasteiger partial charge in [-0.3, -0.25) is 14.2 Å². The standard InChI is InChI=1S/C24H30N4O8/c1-2-3-4-5-6-19(26-14-21(25-15-26)28(34)35)23(31)27-13-18(12-20(27)24(32)33)36-17-9-7-16(8-10-17)11-22(29)30/h7-10,14-15,18-20H,2-6,11-13H2,1H3,(H,29,30)(H,32,33)/t18-,19+,20-/m0/s1. The lowest BCUT2D eigenvalue weighted by Crippen LogP contribution is -2.44. The molecular formula is C24H30N4O8. The Balaban J connectivity index is 1.76. The Hall–Kier alpha value is -3.96. The van der Waals surface area contributed by atoms with Gasteiger partial charge >= 0.3 is 17.8 Å². The number of benzene rings is 1. The number of likely N-dealkylation sites (tertiary alicyclic amines) is 1. The quantitative estimate of drug-likeness (QED) is 0.238. The van der Waals surface area contributed by atoms with Crippen molar-refractivity contribution in [1.82, 2.24) is 14.5 Å². The van der Waals surface area contributed by atoms with Crippen LogP contribution in [0.15, 0.2) is 36.8 Å². The molecule has 0 saturated carbocycles. The number of imidazole rings is 1. The van der Waals surface area contributed by atoms with Crippen molar-refractivity contribution in [1.29, 1.82) is 0 Å². The number of rotatable bonds is 13. The zero-order valence-corrected chi connectivity index (χ0v) is 20.0. The molecule has 1 saturated heterocycles. The highest BCUT2D eigenvalue weighted by Gasteiger charge is 2.43. The van der Waals surface area contributed by atoms with E-state index in [-0.39, 0.29) is 25.2 Å². The number of carbonyl (C=O) groups is 3. The Morgan fingerprint density at radius 2 is 1.92 bits per heavy atom. The van der Waals surface area contributed by atoms with Crippen molar-refractivity contribution < 1.29 is 34.3 Å². The van der Waals surface area contributed by atoms with Gasteiger partial charge in [0, 0.05) is 6.42 Å². The molecule has 2 N–H and O–H groups in total. The van der Waals surface area contributed by atoms with Crippen molar-refractivity contribution in [3.63, 3.8) is 0 Å². The third-order valence-electron chi connectivity index (χ3n) is 6.16. The maximum absolute atomic E-state index is 13.6. The van der Waals surface area contributed by atoms with E-state index in [0.29, 0.717) is 24.2 Å². The lowest BCUT2D eigenvalue weighted by molar-refractivity contribution is -0.389. The first-order valence-corrected chi connectivity index (χ1v) is 11.9. The molecule has 1 aromatic heterocycles. The first-order chi connectivity index (χ1) is 17.2. The van der Waals surface area contributed by atoms with Gasteiger partial charge in [-0.15, -0.1) is 0 Å². The Kier molecular flexibility index (Phi) is 8.98. The molecule has 0 unspecified atom stereocenters. The van der Waals surface area contributed by atoms with Crippen molar-refractivity contribution in [3.8, 4) is 5.75 Å². The fourth-order valence-electron chi connectivity index (χ4n) is 4.36. The molecule has 1 aromatic carbocycles. The van der Waals surface area contributed by atoms with Crippen LogP contribution in [0.1, 0.15) is 57.1 Å². The molecule has 3 rings (SSSR count). The van der Waals surface area contributed by atoms with Crippen molar-refractivity contribution in [2.24, 2.45) is 0 Å². The van der Waals surface area contributed by atoms with Crippen LogP contribution in [0, 0.1) is 10.1 Å². The van der Waals surface area contributed by atoms with Crippen LogP contribution in [0.4, 0.5) is 5.82 Å². The second-order valence-electron chi connectivity index (χ2n) is 8.84. The molecule has 3 atom stereocenters. The van der Waals surface area contributed by atoms with E-state index in [0.717, 1.165) is 19.3 Å². The first kappa shape index (κ1) is 26.6. The number of ether oxygens (including phenoxy) is 1. The number of amides is 1. The maximum Gasteiger partial charge on any atom is 0.381 e. The van der Waals surface area contributed by atoms with Gasteiger partial charge in [0.15, 0.2) is 0 Å². The predicted molar refractivity (Wildman–Crippen MR) is 127 cm³/mol. The number of nitrogens with zero attached hydrogens (tertiary/aromatic N) is 4. The summed E-state index contributed by atoms with van der Waals surface area (Å²) in [6.45, 7) is 2.10. The van der Waals surface area contributed by atoms with Gasteiger partial charge < -0.3 is 30.0 Å². The SMILES string of the molecule is CCCCCC[C@H](C(=O)N1C[C@@H](Oc2ccc(CC(=O)O)cc2)C[C@H]1C(=O)O)n1cnc([N+](=O)[O-])c1. The number of nitro groups is 1. The molecule has 0 aliphatic carbocycles. The van der Waals surface area contributed by atoms with E-state index in [1.54, 1.807) is 24.3 Å². The van der Waals surface area contributed by atoms with Crippen LogP contribution in [0.25, 0.3) is 0 Å². The van der Waals surface area contributed by atoms with Gasteiger partial charge in [0.25, 0.3) is 0 Å². The molecule has 194 valence electrons. The number of aliphatic carboxylic acids is 2. The number of carbonyl (C=O) groups excluding carboxylic acids is 1. The summed E-state index contributed by atoms with van der Waals surface area (Å²) < 4.78 is 7.31. The van der Waals surface area contributed by atoms with Crippen LogP contribution in [-0.2, 0) is 20.8 Å². The Morgan fingerprint density at radius 3 is 2.50 bits per heavy atom. The average molecular weight is 503 g/mol. The summed E-state index contributed by atoms with van der Waals surface area (Å²) in [6, 6.07) is 4.53. The molecule has 12 heteroatoms. The lowest BCUT2D eigenvalue weighted by atomic mass is 10.1. The number of hydrogen-bond acceptors (Lipinski definition) is 7. The minimum absolute atomic E-state index is 0.0366. The van der Waals surface area contributed by atoms with Gasteiger partial charge in [0.05, 0.1) is 13.0 Å². The van der Waals surface area contributed by atoms with Crippen LogP contribution < -0.4 is 4.74 Å². The van der Waals surface area contributed by atoms with E-state index in [2.05, 4.69) is 11.9 Å². The molecule has 36 heavy (non-hydrogen) atoms. The van der Waals surface area contributed by atoms with Gasteiger partial charge in [-0.1, -0.05) is 44.7 Å². The Bertz CT molecular complexity index is 1080. The number of aromatic nitrogens is 2. The van der Waals surface area contributed by atoms with Crippen molar-refractivity contribution >= 4 is 23.7 Å². The number of carboxylic acid groups (broad SMARTS) is 2. The Morgan fingerprint density at radius 1 is 1.19 bits per heavy atom.